The van der Waals surface area contributed by atoms with E-state index in [1.165, 1.54) is 6.07 Å². The smallest absolute Gasteiger partial charge is 0.258 e. The molecular formula is C14H18N2O4S. The minimum Gasteiger partial charge on any atom is -0.258 e. The van der Waals surface area contributed by atoms with Gasteiger partial charge in [-0.3, -0.25) is 10.1 Å². The Kier molecular flexibility index (Phi) is 3.71. The molecule has 1 unspecified atom stereocenters. The maximum Gasteiger partial charge on any atom is 0.272 e. The third-order valence-electron chi connectivity index (χ3n) is 4.35. The maximum atomic E-state index is 12.4. The highest BCUT2D eigenvalue weighted by molar-refractivity contribution is 7.89. The fourth-order valence-corrected chi connectivity index (χ4v) is 5.24. The molecule has 0 radical (unpaired) electrons. The lowest BCUT2D eigenvalue weighted by atomic mass is 10.1. The van der Waals surface area contributed by atoms with Gasteiger partial charge in [-0.1, -0.05) is 12.1 Å². The van der Waals surface area contributed by atoms with Crippen LogP contribution in [-0.4, -0.2) is 36.5 Å². The van der Waals surface area contributed by atoms with Crippen LogP contribution >= 0.6 is 0 Å². The monoisotopic (exact) mass is 310 g/mol. The van der Waals surface area contributed by atoms with Gasteiger partial charge in [-0.2, -0.15) is 0 Å². The molecule has 3 rings (SSSR count). The molecule has 0 spiro atoms. The molecule has 1 aliphatic carbocycles. The van der Waals surface area contributed by atoms with Crippen molar-refractivity contribution in [2.75, 3.05) is 18.8 Å². The number of hydrogen-bond acceptors (Lipinski definition) is 4. The summed E-state index contributed by atoms with van der Waals surface area (Å²) in [7, 11) is -3.23. The van der Waals surface area contributed by atoms with Crippen molar-refractivity contribution in [1.82, 2.24) is 4.31 Å². The second-order valence-electron chi connectivity index (χ2n) is 5.83. The molecule has 0 amide bonds. The van der Waals surface area contributed by atoms with Crippen molar-refractivity contribution < 1.29 is 13.3 Å². The minimum absolute atomic E-state index is 0.0494. The van der Waals surface area contributed by atoms with Crippen LogP contribution in [0.15, 0.2) is 18.2 Å². The van der Waals surface area contributed by atoms with Gasteiger partial charge in [-0.15, -0.1) is 0 Å². The van der Waals surface area contributed by atoms with Crippen LogP contribution in [0.1, 0.15) is 24.0 Å². The first-order valence-electron chi connectivity index (χ1n) is 7.20. The minimum atomic E-state index is -3.23. The molecule has 1 heterocycles. The zero-order valence-electron chi connectivity index (χ0n) is 11.7. The van der Waals surface area contributed by atoms with Crippen LogP contribution in [0.25, 0.3) is 0 Å². The van der Waals surface area contributed by atoms with Gasteiger partial charge in [-0.05, 0) is 37.2 Å². The Morgan fingerprint density at radius 1 is 1.24 bits per heavy atom. The molecule has 1 saturated heterocycles. The van der Waals surface area contributed by atoms with Crippen molar-refractivity contribution in [3.05, 3.63) is 39.4 Å². The lowest BCUT2D eigenvalue weighted by Gasteiger charge is -2.18. The van der Waals surface area contributed by atoms with Gasteiger partial charge in [0.05, 0.1) is 10.7 Å². The van der Waals surface area contributed by atoms with Crippen LogP contribution in [0.4, 0.5) is 5.69 Å². The quantitative estimate of drug-likeness (QED) is 0.626. The standard InChI is InChI=1S/C14H18N2O4S/c17-16(18)14-5-3-4-12-8-11(9-13(12)14)10-21(19,20)15-6-1-2-7-15/h3-5,11H,1-2,6-10H2. The van der Waals surface area contributed by atoms with Crippen LogP contribution in [0.3, 0.4) is 0 Å². The van der Waals surface area contributed by atoms with Gasteiger partial charge in [0, 0.05) is 24.7 Å². The van der Waals surface area contributed by atoms with Crippen molar-refractivity contribution >= 4 is 15.7 Å². The molecular weight excluding hydrogens is 292 g/mol. The van der Waals surface area contributed by atoms with E-state index in [9.17, 15) is 18.5 Å². The molecule has 2 aliphatic rings. The number of rotatable bonds is 4. The predicted octanol–water partition coefficient (Wildman–Crippen LogP) is 1.74. The number of sulfonamides is 1. The summed E-state index contributed by atoms with van der Waals surface area (Å²) in [6.07, 6.45) is 2.95. The molecule has 7 heteroatoms. The summed E-state index contributed by atoms with van der Waals surface area (Å²) in [5.74, 6) is 0.0467. The van der Waals surface area contributed by atoms with E-state index in [2.05, 4.69) is 0 Å². The van der Waals surface area contributed by atoms with E-state index >= 15 is 0 Å². The van der Waals surface area contributed by atoms with Crippen LogP contribution in [-0.2, 0) is 22.9 Å². The van der Waals surface area contributed by atoms with Gasteiger partial charge in [-0.25, -0.2) is 12.7 Å². The summed E-state index contributed by atoms with van der Waals surface area (Å²) in [5, 5.41) is 11.0. The van der Waals surface area contributed by atoms with E-state index in [0.717, 1.165) is 18.4 Å². The molecule has 0 N–H and O–H groups in total. The number of nitrogens with zero attached hydrogens (tertiary/aromatic N) is 2. The Balaban J connectivity index is 1.76. The van der Waals surface area contributed by atoms with Crippen LogP contribution in [0, 0.1) is 16.0 Å². The number of hydrogen-bond donors (Lipinski definition) is 0. The Bertz CT molecular complexity index is 666. The van der Waals surface area contributed by atoms with E-state index < -0.39 is 10.0 Å². The fraction of sp³-hybridized carbons (Fsp3) is 0.571. The van der Waals surface area contributed by atoms with Crippen molar-refractivity contribution in [3.63, 3.8) is 0 Å². The SMILES string of the molecule is O=[N+]([O-])c1cccc2c1CC(CS(=O)(=O)N1CCCC1)C2. The number of nitro groups is 1. The molecule has 0 saturated carbocycles. The van der Waals surface area contributed by atoms with E-state index in [0.29, 0.717) is 31.5 Å². The molecule has 1 fully saturated rings. The van der Waals surface area contributed by atoms with Gasteiger partial charge >= 0.3 is 0 Å². The molecule has 0 aromatic heterocycles. The Hall–Kier alpha value is -1.47. The zero-order valence-corrected chi connectivity index (χ0v) is 12.5. The molecule has 1 atom stereocenters. The predicted molar refractivity (Wildman–Crippen MR) is 78.6 cm³/mol. The summed E-state index contributed by atoms with van der Waals surface area (Å²) in [5.41, 5.74) is 1.75. The number of fused-ring (bicyclic) bond motifs is 1. The number of benzene rings is 1. The highest BCUT2D eigenvalue weighted by atomic mass is 32.2. The topological polar surface area (TPSA) is 80.5 Å². The third kappa shape index (κ3) is 2.80. The van der Waals surface area contributed by atoms with Crippen molar-refractivity contribution in [1.29, 1.82) is 0 Å². The second kappa shape index (κ2) is 5.38. The Labute approximate surface area is 124 Å². The largest absolute Gasteiger partial charge is 0.272 e. The zero-order chi connectivity index (χ0) is 15.0. The fourth-order valence-electron chi connectivity index (χ4n) is 3.38. The van der Waals surface area contributed by atoms with Gasteiger partial charge < -0.3 is 0 Å². The van der Waals surface area contributed by atoms with Gasteiger partial charge in [0.1, 0.15) is 0 Å². The molecule has 21 heavy (non-hydrogen) atoms. The van der Waals surface area contributed by atoms with Crippen LogP contribution in [0.2, 0.25) is 0 Å². The lowest BCUT2D eigenvalue weighted by molar-refractivity contribution is -0.385. The summed E-state index contributed by atoms with van der Waals surface area (Å²) in [6.45, 7) is 1.23. The van der Waals surface area contributed by atoms with Crippen molar-refractivity contribution in [2.24, 2.45) is 5.92 Å². The molecule has 1 aliphatic heterocycles. The van der Waals surface area contributed by atoms with E-state index in [1.54, 1.807) is 10.4 Å². The first-order valence-corrected chi connectivity index (χ1v) is 8.81. The van der Waals surface area contributed by atoms with Crippen LogP contribution < -0.4 is 0 Å². The molecule has 1 aromatic rings. The van der Waals surface area contributed by atoms with E-state index in [4.69, 9.17) is 0 Å². The van der Waals surface area contributed by atoms with Crippen LogP contribution in [0.5, 0.6) is 0 Å². The molecule has 114 valence electrons. The van der Waals surface area contributed by atoms with Crippen molar-refractivity contribution in [3.8, 4) is 0 Å². The van der Waals surface area contributed by atoms with E-state index in [-0.39, 0.29) is 22.3 Å². The lowest BCUT2D eigenvalue weighted by Crippen LogP contribution is -2.33. The second-order valence-corrected chi connectivity index (χ2v) is 7.84. The average molecular weight is 310 g/mol. The highest BCUT2D eigenvalue weighted by Gasteiger charge is 2.34. The molecule has 1 aromatic carbocycles. The third-order valence-corrected chi connectivity index (χ3v) is 6.40. The van der Waals surface area contributed by atoms with E-state index in [1.807, 2.05) is 6.07 Å². The first kappa shape index (κ1) is 14.5. The Morgan fingerprint density at radius 2 is 1.95 bits per heavy atom. The number of nitro benzene ring substituents is 1. The summed E-state index contributed by atoms with van der Waals surface area (Å²) in [6, 6.07) is 5.04. The summed E-state index contributed by atoms with van der Waals surface area (Å²) >= 11 is 0. The highest BCUT2D eigenvalue weighted by Crippen LogP contribution is 2.34. The van der Waals surface area contributed by atoms with Gasteiger partial charge in [0.2, 0.25) is 10.0 Å². The Morgan fingerprint density at radius 3 is 2.62 bits per heavy atom. The van der Waals surface area contributed by atoms with Crippen molar-refractivity contribution in [2.45, 2.75) is 25.7 Å². The molecule has 6 nitrogen and oxygen atoms in total. The first-order chi connectivity index (χ1) is 9.97. The summed E-state index contributed by atoms with van der Waals surface area (Å²) < 4.78 is 26.3. The molecule has 0 bridgehead atoms. The average Bonchev–Trinajstić information content (AvgIpc) is 3.06. The maximum absolute atomic E-state index is 12.4. The summed E-state index contributed by atoms with van der Waals surface area (Å²) in [4.78, 5) is 10.7. The van der Waals surface area contributed by atoms with Gasteiger partial charge in [0.15, 0.2) is 0 Å². The normalized spacial score (nSPS) is 22.4. The van der Waals surface area contributed by atoms with Gasteiger partial charge in [0.25, 0.3) is 5.69 Å².